The number of carbonyl (C=O) groups is 1. The van der Waals surface area contributed by atoms with Crippen molar-refractivity contribution in [1.29, 1.82) is 0 Å². The lowest BCUT2D eigenvalue weighted by atomic mass is 10.00. The van der Waals surface area contributed by atoms with Crippen LogP contribution in [0.25, 0.3) is 0 Å². The highest BCUT2D eigenvalue weighted by Gasteiger charge is 2.12. The third-order valence-electron chi connectivity index (χ3n) is 3.10. The van der Waals surface area contributed by atoms with E-state index in [2.05, 4.69) is 26.0 Å². The Bertz CT molecular complexity index is 550. The van der Waals surface area contributed by atoms with Crippen molar-refractivity contribution in [1.82, 2.24) is 0 Å². The van der Waals surface area contributed by atoms with Crippen LogP contribution >= 0.6 is 0 Å². The second kappa shape index (κ2) is 4.58. The predicted molar refractivity (Wildman–Crippen MR) is 67.4 cm³/mol. The Morgan fingerprint density at radius 1 is 1.12 bits per heavy atom. The van der Waals surface area contributed by atoms with Gasteiger partial charge < -0.3 is 4.42 Å². The van der Waals surface area contributed by atoms with Gasteiger partial charge in [-0.05, 0) is 43.5 Å². The van der Waals surface area contributed by atoms with Gasteiger partial charge in [0.05, 0.1) is 11.8 Å². The van der Waals surface area contributed by atoms with Crippen molar-refractivity contribution >= 4 is 5.78 Å². The molecule has 2 nitrogen and oxygen atoms in total. The summed E-state index contributed by atoms with van der Waals surface area (Å²) in [7, 11) is 0. The number of benzene rings is 1. The van der Waals surface area contributed by atoms with Crippen LogP contribution in [0.3, 0.4) is 0 Å². The highest BCUT2D eigenvalue weighted by atomic mass is 16.3. The van der Waals surface area contributed by atoms with Crippen LogP contribution in [0, 0.1) is 20.8 Å². The predicted octanol–water partition coefficient (Wildman–Crippen LogP) is 3.63. The topological polar surface area (TPSA) is 30.2 Å². The molecule has 0 saturated carbocycles. The highest BCUT2D eigenvalue weighted by molar-refractivity contribution is 5.98. The highest BCUT2D eigenvalue weighted by Crippen LogP contribution is 2.15. The molecular formula is C15H16O2. The fourth-order valence-corrected chi connectivity index (χ4v) is 1.87. The molecule has 0 fully saturated rings. The third-order valence-corrected chi connectivity index (χ3v) is 3.10. The van der Waals surface area contributed by atoms with E-state index in [1.54, 1.807) is 12.3 Å². The molecule has 2 rings (SSSR count). The first-order valence-electron chi connectivity index (χ1n) is 5.71. The maximum Gasteiger partial charge on any atom is 0.170 e. The van der Waals surface area contributed by atoms with Crippen molar-refractivity contribution in [2.75, 3.05) is 0 Å². The van der Waals surface area contributed by atoms with Gasteiger partial charge >= 0.3 is 0 Å². The van der Waals surface area contributed by atoms with Gasteiger partial charge in [-0.1, -0.05) is 18.2 Å². The average molecular weight is 228 g/mol. The Kier molecular flexibility index (Phi) is 3.14. The number of furan rings is 1. The lowest BCUT2D eigenvalue weighted by molar-refractivity contribution is 0.0991. The van der Waals surface area contributed by atoms with Crippen molar-refractivity contribution in [3.05, 3.63) is 58.5 Å². The Balaban J connectivity index is 2.19. The van der Waals surface area contributed by atoms with Crippen LogP contribution in [0.2, 0.25) is 0 Å². The van der Waals surface area contributed by atoms with Gasteiger partial charge in [0.15, 0.2) is 5.78 Å². The second-order valence-electron chi connectivity index (χ2n) is 4.41. The van der Waals surface area contributed by atoms with E-state index >= 15 is 0 Å². The molecule has 0 aliphatic rings. The Morgan fingerprint density at radius 3 is 2.47 bits per heavy atom. The van der Waals surface area contributed by atoms with Crippen LogP contribution < -0.4 is 0 Å². The first kappa shape index (κ1) is 11.6. The van der Waals surface area contributed by atoms with E-state index in [1.807, 2.05) is 13.0 Å². The normalized spacial score (nSPS) is 10.5. The molecule has 0 atom stereocenters. The maximum absolute atomic E-state index is 12.0. The summed E-state index contributed by atoms with van der Waals surface area (Å²) in [6, 6.07) is 7.87. The number of aryl methyl sites for hydroxylation is 3. The molecule has 0 radical (unpaired) electrons. The molecule has 0 aliphatic carbocycles. The molecule has 0 N–H and O–H groups in total. The van der Waals surface area contributed by atoms with Crippen molar-refractivity contribution in [3.63, 3.8) is 0 Å². The molecule has 2 heteroatoms. The minimum atomic E-state index is 0.111. The van der Waals surface area contributed by atoms with E-state index in [4.69, 9.17) is 4.42 Å². The van der Waals surface area contributed by atoms with Crippen LogP contribution in [-0.4, -0.2) is 5.78 Å². The lowest BCUT2D eigenvalue weighted by Gasteiger charge is -2.04. The number of ketones is 1. The largest absolute Gasteiger partial charge is 0.469 e. The number of hydrogen-bond acceptors (Lipinski definition) is 2. The maximum atomic E-state index is 12.0. The molecule has 1 heterocycles. The molecule has 1 aromatic carbocycles. The smallest absolute Gasteiger partial charge is 0.170 e. The molecule has 0 bridgehead atoms. The quantitative estimate of drug-likeness (QED) is 0.751. The fraction of sp³-hybridized carbons (Fsp3) is 0.267. The van der Waals surface area contributed by atoms with Crippen LogP contribution in [0.5, 0.6) is 0 Å². The van der Waals surface area contributed by atoms with Crippen molar-refractivity contribution in [2.24, 2.45) is 0 Å². The molecule has 17 heavy (non-hydrogen) atoms. The van der Waals surface area contributed by atoms with E-state index in [0.717, 1.165) is 5.56 Å². The summed E-state index contributed by atoms with van der Waals surface area (Å²) in [5.74, 6) is 0.804. The molecule has 0 unspecified atom stereocenters. The second-order valence-corrected chi connectivity index (χ2v) is 4.41. The summed E-state index contributed by atoms with van der Waals surface area (Å²) in [6.45, 7) is 5.95. The first-order chi connectivity index (χ1) is 8.08. The van der Waals surface area contributed by atoms with Gasteiger partial charge in [0.25, 0.3) is 0 Å². The summed E-state index contributed by atoms with van der Waals surface area (Å²) in [6.07, 6.45) is 1.99. The van der Waals surface area contributed by atoms with Crippen LogP contribution in [0.1, 0.15) is 32.8 Å². The van der Waals surface area contributed by atoms with Crippen LogP contribution in [0.4, 0.5) is 0 Å². The zero-order valence-electron chi connectivity index (χ0n) is 10.4. The molecule has 0 spiro atoms. The van der Waals surface area contributed by atoms with E-state index in [9.17, 15) is 4.79 Å². The number of carbonyl (C=O) groups excluding carboxylic acids is 1. The van der Waals surface area contributed by atoms with Gasteiger partial charge in [0, 0.05) is 6.42 Å². The lowest BCUT2D eigenvalue weighted by Crippen LogP contribution is -2.04. The zero-order chi connectivity index (χ0) is 12.4. The Morgan fingerprint density at radius 2 is 1.88 bits per heavy atom. The minimum absolute atomic E-state index is 0.111. The van der Waals surface area contributed by atoms with Gasteiger partial charge in [-0.25, -0.2) is 0 Å². The van der Waals surface area contributed by atoms with E-state index < -0.39 is 0 Å². The van der Waals surface area contributed by atoms with Gasteiger partial charge in [0.2, 0.25) is 0 Å². The fourth-order valence-electron chi connectivity index (χ4n) is 1.87. The summed E-state index contributed by atoms with van der Waals surface area (Å²) < 4.78 is 5.15. The van der Waals surface area contributed by atoms with Crippen molar-refractivity contribution in [3.8, 4) is 0 Å². The molecule has 1 aromatic heterocycles. The molecule has 0 saturated heterocycles. The molecular weight excluding hydrogens is 212 g/mol. The standard InChI is InChI=1S/C15H16O2/c1-10-4-5-13(8-11(10)2)9-15(16)14-6-7-17-12(14)3/h4-8H,9H2,1-3H3. The van der Waals surface area contributed by atoms with E-state index in [-0.39, 0.29) is 5.78 Å². The number of hydrogen-bond donors (Lipinski definition) is 0. The average Bonchev–Trinajstić information content (AvgIpc) is 2.70. The van der Waals surface area contributed by atoms with Crippen LogP contribution in [-0.2, 0) is 6.42 Å². The van der Waals surface area contributed by atoms with E-state index in [0.29, 0.717) is 17.7 Å². The number of rotatable bonds is 3. The molecule has 0 aliphatic heterocycles. The van der Waals surface area contributed by atoms with Gasteiger partial charge in [-0.3, -0.25) is 4.79 Å². The van der Waals surface area contributed by atoms with Crippen molar-refractivity contribution < 1.29 is 9.21 Å². The monoisotopic (exact) mass is 228 g/mol. The molecule has 88 valence electrons. The van der Waals surface area contributed by atoms with E-state index in [1.165, 1.54) is 11.1 Å². The van der Waals surface area contributed by atoms with Gasteiger partial charge in [0.1, 0.15) is 5.76 Å². The van der Waals surface area contributed by atoms with Gasteiger partial charge in [-0.2, -0.15) is 0 Å². The van der Waals surface area contributed by atoms with Crippen molar-refractivity contribution in [2.45, 2.75) is 27.2 Å². The number of Topliss-reactive ketones (excluding diaryl/α,β-unsaturated/α-hetero) is 1. The molecule has 2 aromatic rings. The first-order valence-corrected chi connectivity index (χ1v) is 5.71. The summed E-state index contributed by atoms with van der Waals surface area (Å²) >= 11 is 0. The Labute approximate surface area is 101 Å². The zero-order valence-corrected chi connectivity index (χ0v) is 10.4. The Hall–Kier alpha value is -1.83. The third kappa shape index (κ3) is 2.47. The summed E-state index contributed by atoms with van der Waals surface area (Å²) in [4.78, 5) is 12.0. The van der Waals surface area contributed by atoms with Gasteiger partial charge in [-0.15, -0.1) is 0 Å². The minimum Gasteiger partial charge on any atom is -0.469 e. The van der Waals surface area contributed by atoms with Crippen LogP contribution in [0.15, 0.2) is 34.9 Å². The summed E-state index contributed by atoms with van der Waals surface area (Å²) in [5.41, 5.74) is 4.21. The molecule has 0 amide bonds. The SMILES string of the molecule is Cc1ccc(CC(=O)c2ccoc2C)cc1C. The summed E-state index contributed by atoms with van der Waals surface area (Å²) in [5, 5.41) is 0.